The molecule has 0 aromatic heterocycles. The minimum absolute atomic E-state index is 0.139. The van der Waals surface area contributed by atoms with Crippen molar-refractivity contribution >= 4 is 17.6 Å². The molecule has 0 fully saturated rings. The highest BCUT2D eigenvalue weighted by Gasteiger charge is 2.31. The smallest absolute Gasteiger partial charge is 0.307 e. The summed E-state index contributed by atoms with van der Waals surface area (Å²) in [6, 6.07) is 16.8. The Morgan fingerprint density at radius 2 is 1.83 bits per heavy atom. The Hall–Kier alpha value is -2.82. The van der Waals surface area contributed by atoms with E-state index in [1.54, 1.807) is 11.8 Å². The summed E-state index contributed by atoms with van der Waals surface area (Å²) in [5, 5.41) is 0. The lowest BCUT2D eigenvalue weighted by Gasteiger charge is -2.32. The third kappa shape index (κ3) is 3.56. The van der Waals surface area contributed by atoms with Gasteiger partial charge in [0.25, 0.3) is 5.91 Å². The highest BCUT2D eigenvalue weighted by Crippen LogP contribution is 2.33. The fourth-order valence-corrected chi connectivity index (χ4v) is 2.60. The van der Waals surface area contributed by atoms with Crippen molar-refractivity contribution in [2.24, 2.45) is 0 Å². The first-order valence-corrected chi connectivity index (χ1v) is 7.92. The Kier molecular flexibility index (Phi) is 4.79. The molecule has 0 saturated carbocycles. The molecule has 2 aromatic rings. The highest BCUT2D eigenvalue weighted by atomic mass is 16.5. The van der Waals surface area contributed by atoms with Crippen molar-refractivity contribution in [3.63, 3.8) is 0 Å². The molecule has 5 nitrogen and oxygen atoms in total. The normalized spacial score (nSPS) is 16.3. The molecule has 124 valence electrons. The summed E-state index contributed by atoms with van der Waals surface area (Å²) in [7, 11) is 0. The number of carbonyl (C=O) groups is 2. The first kappa shape index (κ1) is 16.1. The monoisotopic (exact) mass is 325 g/mol. The molecule has 24 heavy (non-hydrogen) atoms. The van der Waals surface area contributed by atoms with Crippen LogP contribution in [0.2, 0.25) is 0 Å². The molecule has 0 saturated heterocycles. The van der Waals surface area contributed by atoms with Crippen LogP contribution in [0, 0.1) is 0 Å². The molecule has 3 rings (SSSR count). The predicted molar refractivity (Wildman–Crippen MR) is 89.7 cm³/mol. The van der Waals surface area contributed by atoms with E-state index in [0.29, 0.717) is 11.4 Å². The molecule has 0 bridgehead atoms. The zero-order valence-corrected chi connectivity index (χ0v) is 13.5. The first-order chi connectivity index (χ1) is 11.6. The van der Waals surface area contributed by atoms with Gasteiger partial charge >= 0.3 is 5.97 Å². The molecule has 2 aromatic carbocycles. The van der Waals surface area contributed by atoms with Crippen molar-refractivity contribution in [1.82, 2.24) is 0 Å². The number of hydrogen-bond donors (Lipinski definition) is 0. The third-order valence-corrected chi connectivity index (χ3v) is 3.86. The van der Waals surface area contributed by atoms with Crippen LogP contribution < -0.4 is 9.64 Å². The van der Waals surface area contributed by atoms with Crippen molar-refractivity contribution < 1.29 is 19.1 Å². The Morgan fingerprint density at radius 3 is 2.62 bits per heavy atom. The third-order valence-electron chi connectivity index (χ3n) is 3.86. The summed E-state index contributed by atoms with van der Waals surface area (Å²) >= 11 is 0. The van der Waals surface area contributed by atoms with E-state index in [1.165, 1.54) is 0 Å². The number of nitrogens with zero attached hydrogens (tertiary/aromatic N) is 1. The molecule has 1 heterocycles. The number of amides is 1. The van der Waals surface area contributed by atoms with Crippen LogP contribution in [-0.2, 0) is 20.9 Å². The number of hydrogen-bond acceptors (Lipinski definition) is 4. The van der Waals surface area contributed by atoms with Crippen LogP contribution in [0.5, 0.6) is 5.75 Å². The predicted octanol–water partition coefficient (Wildman–Crippen LogP) is 2.93. The van der Waals surface area contributed by atoms with Crippen LogP contribution in [0.4, 0.5) is 5.69 Å². The molecule has 0 unspecified atom stereocenters. The summed E-state index contributed by atoms with van der Waals surface area (Å²) < 4.78 is 10.8. The van der Waals surface area contributed by atoms with E-state index >= 15 is 0 Å². The molecule has 1 aliphatic heterocycles. The van der Waals surface area contributed by atoms with Gasteiger partial charge in [0, 0.05) is 6.54 Å². The zero-order valence-electron chi connectivity index (χ0n) is 13.5. The van der Waals surface area contributed by atoms with E-state index < -0.39 is 6.10 Å². The molecular formula is C19H19NO4. The second-order valence-electron chi connectivity index (χ2n) is 5.61. The summed E-state index contributed by atoms with van der Waals surface area (Å²) in [5.74, 6) is 0.176. The molecule has 5 heteroatoms. The highest BCUT2D eigenvalue weighted by molar-refractivity contribution is 6.00. The topological polar surface area (TPSA) is 55.8 Å². The molecular weight excluding hydrogens is 306 g/mol. The van der Waals surface area contributed by atoms with Crippen LogP contribution in [0.3, 0.4) is 0 Å². The second kappa shape index (κ2) is 7.17. The number of para-hydroxylation sites is 2. The van der Waals surface area contributed by atoms with Gasteiger partial charge in [-0.3, -0.25) is 9.59 Å². The maximum absolute atomic E-state index is 12.3. The number of fused-ring (bicyclic) bond motifs is 1. The van der Waals surface area contributed by atoms with Crippen LogP contribution in [-0.4, -0.2) is 24.5 Å². The maximum atomic E-state index is 12.3. The summed E-state index contributed by atoms with van der Waals surface area (Å²) in [4.78, 5) is 25.9. The number of benzene rings is 2. The van der Waals surface area contributed by atoms with Gasteiger partial charge in [-0.1, -0.05) is 42.5 Å². The molecule has 0 radical (unpaired) electrons. The standard InChI is InChI=1S/C19H19NO4/c1-14-19(22)20(16-9-5-6-10-17(16)24-14)12-11-18(21)23-13-15-7-3-2-4-8-15/h2-10,14H,11-13H2,1H3/t14-/m0/s1. The fourth-order valence-electron chi connectivity index (χ4n) is 2.60. The first-order valence-electron chi connectivity index (χ1n) is 7.92. The van der Waals surface area contributed by atoms with E-state index in [9.17, 15) is 9.59 Å². The van der Waals surface area contributed by atoms with Crippen LogP contribution in [0.1, 0.15) is 18.9 Å². The Morgan fingerprint density at radius 1 is 1.12 bits per heavy atom. The van der Waals surface area contributed by atoms with Crippen molar-refractivity contribution in [3.05, 3.63) is 60.2 Å². The minimum Gasteiger partial charge on any atom is -0.479 e. The van der Waals surface area contributed by atoms with Crippen LogP contribution in [0.15, 0.2) is 54.6 Å². The van der Waals surface area contributed by atoms with Gasteiger partial charge < -0.3 is 14.4 Å². The molecule has 0 spiro atoms. The quantitative estimate of drug-likeness (QED) is 0.793. The van der Waals surface area contributed by atoms with Crippen molar-refractivity contribution in [2.45, 2.75) is 26.1 Å². The summed E-state index contributed by atoms with van der Waals surface area (Å²) in [6.45, 7) is 2.22. The van der Waals surface area contributed by atoms with E-state index in [2.05, 4.69) is 0 Å². The molecule has 0 aliphatic carbocycles. The number of ether oxygens (including phenoxy) is 2. The zero-order chi connectivity index (χ0) is 16.9. The fraction of sp³-hybridized carbons (Fsp3) is 0.263. The maximum Gasteiger partial charge on any atom is 0.307 e. The summed E-state index contributed by atoms with van der Waals surface area (Å²) in [6.07, 6.45) is -0.417. The van der Waals surface area contributed by atoms with E-state index in [1.807, 2.05) is 54.6 Å². The van der Waals surface area contributed by atoms with E-state index in [0.717, 1.165) is 5.56 Å². The molecule has 1 atom stereocenters. The van der Waals surface area contributed by atoms with Crippen molar-refractivity contribution in [1.29, 1.82) is 0 Å². The van der Waals surface area contributed by atoms with Gasteiger partial charge in [0.2, 0.25) is 0 Å². The Labute approximate surface area is 140 Å². The Balaban J connectivity index is 1.59. The van der Waals surface area contributed by atoms with Crippen molar-refractivity contribution in [3.8, 4) is 5.75 Å². The SMILES string of the molecule is C[C@@H]1Oc2ccccc2N(CCC(=O)OCc2ccccc2)C1=O. The lowest BCUT2D eigenvalue weighted by atomic mass is 10.2. The number of carbonyl (C=O) groups excluding carboxylic acids is 2. The molecule has 1 amide bonds. The van der Waals surface area contributed by atoms with Gasteiger partial charge in [-0.25, -0.2) is 0 Å². The van der Waals surface area contributed by atoms with Crippen LogP contribution in [0.25, 0.3) is 0 Å². The molecule has 0 N–H and O–H groups in total. The van der Waals surface area contributed by atoms with Gasteiger partial charge in [0.1, 0.15) is 12.4 Å². The average Bonchev–Trinajstić information content (AvgIpc) is 2.61. The lowest BCUT2D eigenvalue weighted by Crippen LogP contribution is -2.45. The van der Waals surface area contributed by atoms with E-state index in [-0.39, 0.29) is 31.4 Å². The van der Waals surface area contributed by atoms with Gasteiger partial charge in [-0.15, -0.1) is 0 Å². The van der Waals surface area contributed by atoms with Gasteiger partial charge in [-0.05, 0) is 24.6 Å². The summed E-state index contributed by atoms with van der Waals surface area (Å²) in [5.41, 5.74) is 1.63. The largest absolute Gasteiger partial charge is 0.479 e. The number of anilines is 1. The lowest BCUT2D eigenvalue weighted by molar-refractivity contribution is -0.144. The average molecular weight is 325 g/mol. The second-order valence-corrected chi connectivity index (χ2v) is 5.61. The van der Waals surface area contributed by atoms with Crippen LogP contribution >= 0.6 is 0 Å². The Bertz CT molecular complexity index is 729. The van der Waals surface area contributed by atoms with Gasteiger partial charge in [0.05, 0.1) is 12.1 Å². The van der Waals surface area contributed by atoms with Crippen molar-refractivity contribution in [2.75, 3.05) is 11.4 Å². The van der Waals surface area contributed by atoms with Gasteiger partial charge in [-0.2, -0.15) is 0 Å². The van der Waals surface area contributed by atoms with Gasteiger partial charge in [0.15, 0.2) is 6.10 Å². The minimum atomic E-state index is -0.555. The van der Waals surface area contributed by atoms with E-state index in [4.69, 9.17) is 9.47 Å². The number of esters is 1. The number of rotatable bonds is 5. The molecule has 1 aliphatic rings.